The van der Waals surface area contributed by atoms with Crippen LogP contribution in [-0.4, -0.2) is 24.5 Å². The van der Waals surface area contributed by atoms with Gasteiger partial charge in [0.2, 0.25) is 11.8 Å². The van der Waals surface area contributed by atoms with Gasteiger partial charge in [0, 0.05) is 5.56 Å². The van der Waals surface area contributed by atoms with Crippen molar-refractivity contribution in [3.8, 4) is 11.5 Å². The van der Waals surface area contributed by atoms with Crippen LogP contribution in [0, 0.1) is 6.92 Å². The average Bonchev–Trinajstić information content (AvgIpc) is 3.13. The third-order valence-corrected chi connectivity index (χ3v) is 3.74. The molecular weight excluding hydrogens is 306 g/mol. The highest BCUT2D eigenvalue weighted by Crippen LogP contribution is 2.24. The maximum atomic E-state index is 5.92. The van der Waals surface area contributed by atoms with Gasteiger partial charge in [-0.25, -0.2) is 9.97 Å². The third-order valence-electron chi connectivity index (χ3n) is 3.74. The number of nitrogens with zero attached hydrogens (tertiary/aromatic N) is 5. The molecule has 0 atom stereocenters. The van der Waals surface area contributed by atoms with Crippen LogP contribution in [-0.2, 0) is 6.54 Å². The summed E-state index contributed by atoms with van der Waals surface area (Å²) in [5, 5.41) is 0. The molecule has 0 fully saturated rings. The van der Waals surface area contributed by atoms with Crippen molar-refractivity contribution >= 4 is 22.9 Å². The number of rotatable bonds is 3. The van der Waals surface area contributed by atoms with E-state index in [4.69, 9.17) is 15.9 Å². The zero-order chi connectivity index (χ0) is 16.7. The van der Waals surface area contributed by atoms with Crippen LogP contribution in [0.15, 0.2) is 41.1 Å². The molecule has 8 heteroatoms. The molecule has 0 radical (unpaired) electrons. The summed E-state index contributed by atoms with van der Waals surface area (Å²) in [6.07, 6.45) is 1.64. The topological polar surface area (TPSA) is 122 Å². The third kappa shape index (κ3) is 2.34. The predicted molar refractivity (Wildman–Crippen MR) is 89.9 cm³/mol. The molecule has 0 spiro atoms. The van der Waals surface area contributed by atoms with E-state index < -0.39 is 0 Å². The number of nitrogen functional groups attached to an aromatic ring is 2. The molecule has 0 saturated heterocycles. The number of fused-ring (bicyclic) bond motifs is 1. The van der Waals surface area contributed by atoms with Gasteiger partial charge in [0.05, 0.1) is 18.6 Å². The number of oxazole rings is 1. The first-order valence-electron chi connectivity index (χ1n) is 7.37. The molecule has 4 aromatic rings. The summed E-state index contributed by atoms with van der Waals surface area (Å²) in [4.78, 5) is 16.9. The minimum absolute atomic E-state index is 0.112. The van der Waals surface area contributed by atoms with Crippen molar-refractivity contribution in [2.75, 3.05) is 11.5 Å². The quantitative estimate of drug-likeness (QED) is 0.591. The Balaban J connectivity index is 1.73. The van der Waals surface area contributed by atoms with Gasteiger partial charge in [-0.3, -0.25) is 0 Å². The van der Waals surface area contributed by atoms with Crippen molar-refractivity contribution in [3.63, 3.8) is 0 Å². The van der Waals surface area contributed by atoms with Crippen LogP contribution in [0.2, 0.25) is 0 Å². The van der Waals surface area contributed by atoms with Crippen LogP contribution < -0.4 is 11.5 Å². The number of aryl methyl sites for hydroxylation is 1. The molecule has 0 aliphatic heterocycles. The number of anilines is 2. The van der Waals surface area contributed by atoms with Gasteiger partial charge in [0.15, 0.2) is 11.5 Å². The second-order valence-corrected chi connectivity index (χ2v) is 5.41. The molecule has 4 N–H and O–H groups in total. The lowest BCUT2D eigenvalue weighted by molar-refractivity contribution is 0.501. The normalized spacial score (nSPS) is 11.2. The molecule has 8 nitrogen and oxygen atoms in total. The van der Waals surface area contributed by atoms with Gasteiger partial charge < -0.3 is 20.5 Å². The van der Waals surface area contributed by atoms with E-state index in [0.717, 1.165) is 17.0 Å². The summed E-state index contributed by atoms with van der Waals surface area (Å²) in [6.45, 7) is 2.33. The Labute approximate surface area is 137 Å². The highest BCUT2D eigenvalue weighted by Gasteiger charge is 2.15. The monoisotopic (exact) mass is 321 g/mol. The van der Waals surface area contributed by atoms with Crippen molar-refractivity contribution in [1.82, 2.24) is 24.5 Å². The first-order valence-corrected chi connectivity index (χ1v) is 7.37. The standard InChI is InChI=1S/C16H15N7O/c1-9-11(24-15(20-9)10-5-3-2-4-6-10)7-23-8-19-12-13(17)21-16(18)22-14(12)23/h2-6,8H,7H2,1H3,(H4,17,18,21,22). The lowest BCUT2D eigenvalue weighted by Crippen LogP contribution is -2.04. The van der Waals surface area contributed by atoms with Crippen LogP contribution in [0.25, 0.3) is 22.6 Å². The van der Waals surface area contributed by atoms with Crippen LogP contribution >= 0.6 is 0 Å². The van der Waals surface area contributed by atoms with Crippen LogP contribution in [0.3, 0.4) is 0 Å². The smallest absolute Gasteiger partial charge is 0.226 e. The first kappa shape index (κ1) is 14.2. The predicted octanol–water partition coefficient (Wildman–Crippen LogP) is 2.00. The van der Waals surface area contributed by atoms with Gasteiger partial charge in [-0.2, -0.15) is 9.97 Å². The van der Waals surface area contributed by atoms with E-state index >= 15 is 0 Å². The molecule has 1 aromatic carbocycles. The van der Waals surface area contributed by atoms with Crippen molar-refractivity contribution in [1.29, 1.82) is 0 Å². The van der Waals surface area contributed by atoms with E-state index in [1.54, 1.807) is 6.33 Å². The summed E-state index contributed by atoms with van der Waals surface area (Å²) >= 11 is 0. The maximum Gasteiger partial charge on any atom is 0.226 e. The number of aromatic nitrogens is 5. The highest BCUT2D eigenvalue weighted by molar-refractivity contribution is 5.82. The van der Waals surface area contributed by atoms with Crippen LogP contribution in [0.5, 0.6) is 0 Å². The molecule has 3 aromatic heterocycles. The number of hydrogen-bond donors (Lipinski definition) is 2. The lowest BCUT2D eigenvalue weighted by Gasteiger charge is -2.03. The fraction of sp³-hybridized carbons (Fsp3) is 0.125. The molecule has 0 aliphatic carbocycles. The number of imidazole rings is 1. The first-order chi connectivity index (χ1) is 11.6. The molecule has 0 amide bonds. The fourth-order valence-corrected chi connectivity index (χ4v) is 2.53. The molecule has 0 aliphatic rings. The minimum Gasteiger partial charge on any atom is -0.439 e. The Hall–Kier alpha value is -3.42. The Kier molecular flexibility index (Phi) is 3.16. The Morgan fingerprint density at radius 1 is 1.08 bits per heavy atom. The Morgan fingerprint density at radius 2 is 1.88 bits per heavy atom. The molecule has 120 valence electrons. The fourth-order valence-electron chi connectivity index (χ4n) is 2.53. The minimum atomic E-state index is 0.112. The highest BCUT2D eigenvalue weighted by atomic mass is 16.4. The summed E-state index contributed by atoms with van der Waals surface area (Å²) in [5.74, 6) is 1.68. The van der Waals surface area contributed by atoms with Crippen molar-refractivity contribution < 1.29 is 4.42 Å². The number of nitrogens with two attached hydrogens (primary N) is 2. The molecular formula is C16H15N7O. The van der Waals surface area contributed by atoms with Gasteiger partial charge in [0.25, 0.3) is 0 Å². The Morgan fingerprint density at radius 3 is 2.67 bits per heavy atom. The van der Waals surface area contributed by atoms with Gasteiger partial charge in [-0.1, -0.05) is 18.2 Å². The Bertz CT molecular complexity index is 1020. The summed E-state index contributed by atoms with van der Waals surface area (Å²) in [7, 11) is 0. The zero-order valence-electron chi connectivity index (χ0n) is 13.0. The average molecular weight is 321 g/mol. The summed E-state index contributed by atoms with van der Waals surface area (Å²) in [6, 6.07) is 9.75. The van der Waals surface area contributed by atoms with E-state index in [1.807, 2.05) is 41.8 Å². The lowest BCUT2D eigenvalue weighted by atomic mass is 10.2. The summed E-state index contributed by atoms with van der Waals surface area (Å²) < 4.78 is 7.73. The zero-order valence-corrected chi connectivity index (χ0v) is 13.0. The van der Waals surface area contributed by atoms with E-state index in [-0.39, 0.29) is 11.8 Å². The van der Waals surface area contributed by atoms with Gasteiger partial charge in [-0.15, -0.1) is 0 Å². The molecule has 0 bridgehead atoms. The molecule has 4 rings (SSSR count). The molecule has 0 saturated carbocycles. The van der Waals surface area contributed by atoms with Crippen LogP contribution in [0.4, 0.5) is 11.8 Å². The van der Waals surface area contributed by atoms with Gasteiger partial charge in [-0.05, 0) is 19.1 Å². The molecule has 0 unspecified atom stereocenters. The second-order valence-electron chi connectivity index (χ2n) is 5.41. The van der Waals surface area contributed by atoms with E-state index in [1.165, 1.54) is 0 Å². The largest absolute Gasteiger partial charge is 0.439 e. The summed E-state index contributed by atoms with van der Waals surface area (Å²) in [5.41, 5.74) is 14.3. The maximum absolute atomic E-state index is 5.92. The van der Waals surface area contributed by atoms with E-state index in [0.29, 0.717) is 23.6 Å². The second kappa shape index (κ2) is 5.34. The number of hydrogen-bond acceptors (Lipinski definition) is 7. The SMILES string of the molecule is Cc1nc(-c2ccccc2)oc1Cn1cnc2c(N)nc(N)nc21. The van der Waals surface area contributed by atoms with E-state index in [2.05, 4.69) is 19.9 Å². The van der Waals surface area contributed by atoms with Gasteiger partial charge >= 0.3 is 0 Å². The van der Waals surface area contributed by atoms with Gasteiger partial charge in [0.1, 0.15) is 11.3 Å². The van der Waals surface area contributed by atoms with Crippen molar-refractivity contribution in [2.24, 2.45) is 0 Å². The van der Waals surface area contributed by atoms with E-state index in [9.17, 15) is 0 Å². The number of benzene rings is 1. The van der Waals surface area contributed by atoms with Crippen molar-refractivity contribution in [2.45, 2.75) is 13.5 Å². The van der Waals surface area contributed by atoms with Crippen LogP contribution in [0.1, 0.15) is 11.5 Å². The molecule has 24 heavy (non-hydrogen) atoms. The molecule has 3 heterocycles. The van der Waals surface area contributed by atoms with Crippen molar-refractivity contribution in [3.05, 3.63) is 48.1 Å².